The molecule has 4 amide bonds. The summed E-state index contributed by atoms with van der Waals surface area (Å²) in [6, 6.07) is 6.82. The van der Waals surface area contributed by atoms with Gasteiger partial charge in [0, 0.05) is 32.2 Å². The molecule has 1 aromatic heterocycles. The lowest BCUT2D eigenvalue weighted by atomic mass is 10.1. The summed E-state index contributed by atoms with van der Waals surface area (Å²) in [7, 11) is 0. The number of amides is 4. The maximum absolute atomic E-state index is 12.9. The summed E-state index contributed by atoms with van der Waals surface area (Å²) in [6.07, 6.45) is -2.94. The maximum Gasteiger partial charge on any atom is 0.263 e. The smallest absolute Gasteiger partial charge is 0.263 e. The van der Waals surface area contributed by atoms with Crippen molar-refractivity contribution in [2.24, 2.45) is 0 Å². The second-order valence-corrected chi connectivity index (χ2v) is 9.68. The maximum atomic E-state index is 12.9. The van der Waals surface area contributed by atoms with Crippen molar-refractivity contribution >= 4 is 46.2 Å². The molecule has 0 saturated carbocycles. The van der Waals surface area contributed by atoms with Crippen LogP contribution in [0.4, 0.5) is 20.4 Å². The first-order valence-electron chi connectivity index (χ1n) is 12.4. The summed E-state index contributed by atoms with van der Waals surface area (Å²) in [5.41, 5.74) is 1.89. The Morgan fingerprint density at radius 3 is 2.33 bits per heavy atom. The van der Waals surface area contributed by atoms with Crippen molar-refractivity contribution in [3.63, 3.8) is 0 Å². The van der Waals surface area contributed by atoms with E-state index in [9.17, 15) is 29.4 Å². The minimum atomic E-state index is -1.67. The number of morpholine rings is 1. The largest absolute Gasteiger partial charge is 0.530 e. The van der Waals surface area contributed by atoms with Gasteiger partial charge < -0.3 is 51.1 Å². The van der Waals surface area contributed by atoms with E-state index in [-0.39, 0.29) is 11.8 Å². The molecule has 0 aliphatic carbocycles. The summed E-state index contributed by atoms with van der Waals surface area (Å²) < 4.78 is 5.35. The number of benzene rings is 1. The van der Waals surface area contributed by atoms with E-state index < -0.39 is 18.5 Å². The molecule has 212 valence electrons. The fourth-order valence-electron chi connectivity index (χ4n) is 3.85. The molecule has 3 rings (SSSR count). The van der Waals surface area contributed by atoms with Crippen LogP contribution >= 0.6 is 11.3 Å². The number of ether oxygens (including phenoxy) is 1. The molecular weight excluding hydrogens is 530 g/mol. The minimum Gasteiger partial charge on any atom is -0.530 e. The highest BCUT2D eigenvalue weighted by molar-refractivity contribution is 7.17. The fraction of sp³-hybridized carbons (Fsp3) is 0.458. The van der Waals surface area contributed by atoms with Crippen LogP contribution in [0.5, 0.6) is 0 Å². The highest BCUT2D eigenvalue weighted by Crippen LogP contribution is 2.25. The summed E-state index contributed by atoms with van der Waals surface area (Å²) in [5.74, 6) is -0.525. The number of hydrogen-bond acceptors (Lipinski definition) is 11. The first kappa shape index (κ1) is 29.6. The number of nitrogens with zero attached hydrogens (tertiary/aromatic N) is 2. The third kappa shape index (κ3) is 10.4. The van der Waals surface area contributed by atoms with E-state index in [1.807, 2.05) is 10.6 Å². The molecule has 5 N–H and O–H groups in total. The summed E-state index contributed by atoms with van der Waals surface area (Å²) in [4.78, 5) is 53.1. The van der Waals surface area contributed by atoms with Gasteiger partial charge in [0.05, 0.1) is 18.9 Å². The number of hydrogen-bond donors (Lipinski definition) is 5. The molecule has 0 spiro atoms. The predicted octanol–water partition coefficient (Wildman–Crippen LogP) is -1.10. The van der Waals surface area contributed by atoms with Crippen molar-refractivity contribution in [3.8, 4) is 0 Å². The average molecular weight is 562 g/mol. The van der Waals surface area contributed by atoms with Gasteiger partial charge in [-0.25, -0.2) is 4.98 Å². The molecule has 14 nitrogen and oxygen atoms in total. The average Bonchev–Trinajstić information content (AvgIpc) is 3.28. The van der Waals surface area contributed by atoms with Crippen LogP contribution in [-0.4, -0.2) is 79.6 Å². The number of thiazole rings is 1. The van der Waals surface area contributed by atoms with Gasteiger partial charge in [-0.1, -0.05) is 23.5 Å². The topological polar surface area (TPSA) is 200 Å². The molecule has 2 heterocycles. The third-order valence-electron chi connectivity index (χ3n) is 5.67. The number of carbonyl (C=O) groups is 4. The molecule has 1 aliphatic heterocycles. The summed E-state index contributed by atoms with van der Waals surface area (Å²) in [5, 5.41) is 33.8. The fourth-order valence-corrected chi connectivity index (χ4v) is 4.83. The molecular formula is C24H31N7O7S-2. The second-order valence-electron chi connectivity index (χ2n) is 8.68. The van der Waals surface area contributed by atoms with Gasteiger partial charge in [0.1, 0.15) is 17.1 Å². The Kier molecular flexibility index (Phi) is 11.3. The molecule has 1 fully saturated rings. The van der Waals surface area contributed by atoms with Crippen LogP contribution in [-0.2, 0) is 22.4 Å². The molecule has 15 heteroatoms. The van der Waals surface area contributed by atoms with Gasteiger partial charge >= 0.3 is 0 Å². The Morgan fingerprint density at radius 1 is 1.05 bits per heavy atom. The van der Waals surface area contributed by atoms with Gasteiger partial charge in [-0.3, -0.25) is 14.5 Å². The van der Waals surface area contributed by atoms with Crippen molar-refractivity contribution in [1.29, 1.82) is 0 Å². The van der Waals surface area contributed by atoms with E-state index in [1.54, 1.807) is 24.3 Å². The van der Waals surface area contributed by atoms with Gasteiger partial charge in [0.2, 0.25) is 5.91 Å². The number of carbonyl (C=O) groups excluding carboxylic acids is 4. The summed E-state index contributed by atoms with van der Waals surface area (Å²) >= 11 is 1.12. The van der Waals surface area contributed by atoms with Crippen LogP contribution < -0.4 is 36.8 Å². The molecule has 0 atom stereocenters. The monoisotopic (exact) mass is 561 g/mol. The highest BCUT2D eigenvalue weighted by Gasteiger charge is 2.19. The number of carboxylic acid groups (broad SMARTS) is 2. The number of anilines is 2. The molecule has 0 radical (unpaired) electrons. The summed E-state index contributed by atoms with van der Waals surface area (Å²) in [6.45, 7) is 5.98. The van der Waals surface area contributed by atoms with Crippen molar-refractivity contribution in [3.05, 3.63) is 40.4 Å². The van der Waals surface area contributed by atoms with Gasteiger partial charge in [-0.05, 0) is 43.5 Å². The first-order valence-corrected chi connectivity index (χ1v) is 13.2. The Hall–Kier alpha value is -3.95. The lowest BCUT2D eigenvalue weighted by molar-refractivity contribution is -0.255. The molecule has 2 aromatic rings. The van der Waals surface area contributed by atoms with Crippen LogP contribution in [0, 0.1) is 0 Å². The highest BCUT2D eigenvalue weighted by atomic mass is 32.1. The van der Waals surface area contributed by atoms with Crippen molar-refractivity contribution < 1.29 is 34.1 Å². The Labute approximate surface area is 229 Å². The molecule has 1 aliphatic rings. The second kappa shape index (κ2) is 14.8. The molecule has 0 bridgehead atoms. The zero-order chi connectivity index (χ0) is 28.2. The van der Waals surface area contributed by atoms with Crippen LogP contribution in [0.15, 0.2) is 24.3 Å². The Morgan fingerprint density at radius 2 is 1.72 bits per heavy atom. The van der Waals surface area contributed by atoms with Crippen LogP contribution in [0.25, 0.3) is 0 Å². The van der Waals surface area contributed by atoms with Crippen molar-refractivity contribution in [1.82, 2.24) is 25.8 Å². The van der Waals surface area contributed by atoms with E-state index in [1.165, 1.54) is 6.92 Å². The number of nitrogens with one attached hydrogen (secondary N) is 5. The van der Waals surface area contributed by atoms with E-state index in [0.29, 0.717) is 40.8 Å². The van der Waals surface area contributed by atoms with Crippen LogP contribution in [0.3, 0.4) is 0 Å². The number of aromatic nitrogens is 1. The van der Waals surface area contributed by atoms with Crippen molar-refractivity contribution in [2.75, 3.05) is 50.0 Å². The van der Waals surface area contributed by atoms with Gasteiger partial charge in [-0.2, -0.15) is 0 Å². The van der Waals surface area contributed by atoms with E-state index >= 15 is 0 Å². The van der Waals surface area contributed by atoms with Crippen LogP contribution in [0.1, 0.15) is 34.3 Å². The lowest BCUT2D eigenvalue weighted by Crippen LogP contribution is -2.58. The third-order valence-corrected chi connectivity index (χ3v) is 6.68. The molecule has 1 aromatic carbocycles. The van der Waals surface area contributed by atoms with Gasteiger partial charge in [-0.15, -0.1) is 0 Å². The standard InChI is InChI=1S/C24H33N7O7S/c1-15(32)26-22-28-18(19(39-22)20(33)25-9-2-10-31-11-13-38-14-12-31)8-5-16-3-6-17(7-4-16)27-21(29-23(34)35)30-24(36)37/h3-4,6-7,21,27,29-30H,2,5,8-14H2,1H3,(H,25,33)(H,34,35)(H,36,37)(H,26,28,32)/p-2. The zero-order valence-corrected chi connectivity index (χ0v) is 22.2. The first-order chi connectivity index (χ1) is 18.7. The van der Waals surface area contributed by atoms with E-state index in [4.69, 9.17) is 4.74 Å². The van der Waals surface area contributed by atoms with Gasteiger partial charge in [0.15, 0.2) is 11.4 Å². The molecule has 0 unspecified atom stereocenters. The van der Waals surface area contributed by atoms with Crippen LogP contribution in [0.2, 0.25) is 0 Å². The molecule has 1 saturated heterocycles. The van der Waals surface area contributed by atoms with Crippen molar-refractivity contribution in [2.45, 2.75) is 32.5 Å². The SMILES string of the molecule is CC(=O)Nc1nc(CCc2ccc(NC(NC(=O)[O-])NC(=O)[O-])cc2)c(C(=O)NCCCN2CCOCC2)s1. The Bertz CT molecular complexity index is 1120. The minimum absolute atomic E-state index is 0.243. The van der Waals surface area contributed by atoms with Gasteiger partial charge in [0.25, 0.3) is 5.91 Å². The number of rotatable bonds is 13. The zero-order valence-electron chi connectivity index (χ0n) is 21.4. The normalized spacial score (nSPS) is 13.5. The lowest BCUT2D eigenvalue weighted by Gasteiger charge is -2.26. The van der Waals surface area contributed by atoms with E-state index in [0.717, 1.165) is 56.2 Å². The quantitative estimate of drug-likeness (QED) is 0.148. The molecule has 39 heavy (non-hydrogen) atoms. The predicted molar refractivity (Wildman–Crippen MR) is 139 cm³/mol. The van der Waals surface area contributed by atoms with E-state index in [2.05, 4.69) is 25.8 Å². The number of aryl methyl sites for hydroxylation is 2. The Balaban J connectivity index is 1.58.